The highest BCUT2D eigenvalue weighted by atomic mass is 35.5. The predicted octanol–water partition coefficient (Wildman–Crippen LogP) is 2.57. The van der Waals surface area contributed by atoms with Crippen LogP contribution in [0.25, 0.3) is 0 Å². The number of halogens is 1. The van der Waals surface area contributed by atoms with Gasteiger partial charge in [-0.25, -0.2) is 0 Å². The van der Waals surface area contributed by atoms with Crippen molar-refractivity contribution in [1.29, 1.82) is 0 Å². The van der Waals surface area contributed by atoms with Crippen molar-refractivity contribution in [3.63, 3.8) is 0 Å². The number of rotatable bonds is 3. The minimum Gasteiger partial charge on any atom is -0.315 e. The average Bonchev–Trinajstić information content (AvgIpc) is 2.33. The zero-order valence-corrected chi connectivity index (χ0v) is 11.4. The fraction of sp³-hybridized carbons (Fsp3) is 0.571. The van der Waals surface area contributed by atoms with Gasteiger partial charge in [0.05, 0.1) is 0 Å². The Balaban J connectivity index is 2.14. The summed E-state index contributed by atoms with van der Waals surface area (Å²) in [4.78, 5) is 2.37. The van der Waals surface area contributed by atoms with Crippen molar-refractivity contribution in [3.05, 3.63) is 34.9 Å². The van der Waals surface area contributed by atoms with Gasteiger partial charge in [0.15, 0.2) is 0 Å². The van der Waals surface area contributed by atoms with Gasteiger partial charge in [0.25, 0.3) is 0 Å². The van der Waals surface area contributed by atoms with Crippen LogP contribution in [0.5, 0.6) is 0 Å². The molecule has 3 heteroatoms. The second-order valence-electron chi connectivity index (χ2n) is 5.20. The third kappa shape index (κ3) is 3.01. The van der Waals surface area contributed by atoms with Crippen molar-refractivity contribution in [3.8, 4) is 0 Å². The van der Waals surface area contributed by atoms with Gasteiger partial charge in [0.1, 0.15) is 0 Å². The molecular weight excluding hydrogens is 232 g/mol. The molecule has 1 heterocycles. The second kappa shape index (κ2) is 5.38. The van der Waals surface area contributed by atoms with E-state index in [2.05, 4.69) is 36.4 Å². The highest BCUT2D eigenvalue weighted by Crippen LogP contribution is 2.26. The van der Waals surface area contributed by atoms with Crippen LogP contribution in [0.2, 0.25) is 5.02 Å². The van der Waals surface area contributed by atoms with Crippen molar-refractivity contribution < 1.29 is 0 Å². The summed E-state index contributed by atoms with van der Waals surface area (Å²) >= 11 is 5.93. The smallest absolute Gasteiger partial charge is 0.0406 e. The van der Waals surface area contributed by atoms with Gasteiger partial charge in [-0.2, -0.15) is 0 Å². The summed E-state index contributed by atoms with van der Waals surface area (Å²) in [6.45, 7) is 2.22. The topological polar surface area (TPSA) is 15.3 Å². The van der Waals surface area contributed by atoms with Crippen LogP contribution in [-0.2, 0) is 6.42 Å². The van der Waals surface area contributed by atoms with E-state index in [0.29, 0.717) is 0 Å². The maximum atomic E-state index is 5.93. The highest BCUT2D eigenvalue weighted by molar-refractivity contribution is 6.30. The predicted molar refractivity (Wildman–Crippen MR) is 73.7 cm³/mol. The standard InChI is InChI=1S/C14H21ClN2/c1-17(2)14(8-3-9-16-11-14)10-12-4-6-13(15)7-5-12/h4-7,16H,3,8-11H2,1-2H3. The number of nitrogens with one attached hydrogen (secondary N) is 1. The number of hydrogen-bond donors (Lipinski definition) is 1. The fourth-order valence-electron chi connectivity index (χ4n) is 2.62. The summed E-state index contributed by atoms with van der Waals surface area (Å²) < 4.78 is 0. The molecule has 1 aromatic rings. The van der Waals surface area contributed by atoms with Gasteiger partial charge < -0.3 is 10.2 Å². The summed E-state index contributed by atoms with van der Waals surface area (Å²) in [7, 11) is 4.37. The van der Waals surface area contributed by atoms with Crippen molar-refractivity contribution in [2.45, 2.75) is 24.8 Å². The van der Waals surface area contributed by atoms with Crippen molar-refractivity contribution in [1.82, 2.24) is 10.2 Å². The molecule has 1 unspecified atom stereocenters. The molecule has 0 aliphatic carbocycles. The SMILES string of the molecule is CN(C)C1(Cc2ccc(Cl)cc2)CCCNC1. The van der Waals surface area contributed by atoms with E-state index in [-0.39, 0.29) is 5.54 Å². The molecule has 1 aliphatic heterocycles. The molecule has 94 valence electrons. The number of benzene rings is 1. The first-order valence-corrected chi connectivity index (χ1v) is 6.63. The number of nitrogens with zero attached hydrogens (tertiary/aromatic N) is 1. The fourth-order valence-corrected chi connectivity index (χ4v) is 2.75. The Hall–Kier alpha value is -0.570. The van der Waals surface area contributed by atoms with Crippen LogP contribution in [0.15, 0.2) is 24.3 Å². The molecule has 1 aliphatic rings. The van der Waals surface area contributed by atoms with Crippen LogP contribution in [0.3, 0.4) is 0 Å². The molecule has 0 radical (unpaired) electrons. The van der Waals surface area contributed by atoms with Crippen LogP contribution in [-0.4, -0.2) is 37.6 Å². The summed E-state index contributed by atoms with van der Waals surface area (Å²) in [6.07, 6.45) is 3.60. The quantitative estimate of drug-likeness (QED) is 0.890. The van der Waals surface area contributed by atoms with Gasteiger partial charge in [0, 0.05) is 17.1 Å². The molecule has 0 bridgehead atoms. The Labute approximate surface area is 109 Å². The first-order valence-electron chi connectivity index (χ1n) is 6.25. The highest BCUT2D eigenvalue weighted by Gasteiger charge is 2.34. The normalized spacial score (nSPS) is 25.2. The van der Waals surface area contributed by atoms with Gasteiger partial charge in [-0.15, -0.1) is 0 Å². The van der Waals surface area contributed by atoms with Crippen LogP contribution in [0.4, 0.5) is 0 Å². The van der Waals surface area contributed by atoms with E-state index in [1.165, 1.54) is 18.4 Å². The zero-order valence-electron chi connectivity index (χ0n) is 10.7. The molecule has 1 saturated heterocycles. The van der Waals surface area contributed by atoms with Crippen molar-refractivity contribution >= 4 is 11.6 Å². The maximum absolute atomic E-state index is 5.93. The van der Waals surface area contributed by atoms with Gasteiger partial charge in [-0.05, 0) is 57.6 Å². The van der Waals surface area contributed by atoms with E-state index < -0.39 is 0 Å². The number of piperidine rings is 1. The van der Waals surface area contributed by atoms with Crippen LogP contribution < -0.4 is 5.32 Å². The van der Waals surface area contributed by atoms with E-state index in [0.717, 1.165) is 24.5 Å². The van der Waals surface area contributed by atoms with Gasteiger partial charge >= 0.3 is 0 Å². The second-order valence-corrected chi connectivity index (χ2v) is 5.64. The van der Waals surface area contributed by atoms with Crippen LogP contribution in [0.1, 0.15) is 18.4 Å². The maximum Gasteiger partial charge on any atom is 0.0406 e. The first-order chi connectivity index (χ1) is 8.12. The molecule has 0 amide bonds. The Bertz CT molecular complexity index is 353. The zero-order chi connectivity index (χ0) is 12.3. The Kier molecular flexibility index (Phi) is 4.08. The van der Waals surface area contributed by atoms with Crippen LogP contribution in [0, 0.1) is 0 Å². The van der Waals surface area contributed by atoms with E-state index in [1.807, 2.05) is 12.1 Å². The lowest BCUT2D eigenvalue weighted by Crippen LogP contribution is -2.56. The number of hydrogen-bond acceptors (Lipinski definition) is 2. The lowest BCUT2D eigenvalue weighted by Gasteiger charge is -2.43. The van der Waals surface area contributed by atoms with E-state index in [9.17, 15) is 0 Å². The molecule has 2 rings (SSSR count). The molecule has 0 saturated carbocycles. The molecule has 0 spiro atoms. The van der Waals surface area contributed by atoms with Crippen molar-refractivity contribution in [2.75, 3.05) is 27.2 Å². The molecule has 1 atom stereocenters. The monoisotopic (exact) mass is 252 g/mol. The minimum absolute atomic E-state index is 0.256. The largest absolute Gasteiger partial charge is 0.315 e. The Morgan fingerprint density at radius 3 is 2.53 bits per heavy atom. The van der Waals surface area contributed by atoms with Crippen LogP contribution >= 0.6 is 11.6 Å². The molecule has 17 heavy (non-hydrogen) atoms. The summed E-state index contributed by atoms with van der Waals surface area (Å²) in [5, 5.41) is 4.34. The number of likely N-dealkylation sites (N-methyl/N-ethyl adjacent to an activating group) is 1. The first kappa shape index (κ1) is 12.9. The minimum atomic E-state index is 0.256. The lowest BCUT2D eigenvalue weighted by atomic mass is 9.83. The third-order valence-corrected chi connectivity index (χ3v) is 4.10. The molecule has 1 fully saturated rings. The molecule has 1 N–H and O–H groups in total. The Morgan fingerprint density at radius 2 is 2.00 bits per heavy atom. The van der Waals surface area contributed by atoms with Gasteiger partial charge in [-0.1, -0.05) is 23.7 Å². The lowest BCUT2D eigenvalue weighted by molar-refractivity contribution is 0.114. The van der Waals surface area contributed by atoms with Gasteiger partial charge in [-0.3, -0.25) is 0 Å². The van der Waals surface area contributed by atoms with Gasteiger partial charge in [0.2, 0.25) is 0 Å². The summed E-state index contributed by atoms with van der Waals surface area (Å²) in [6, 6.07) is 8.25. The van der Waals surface area contributed by atoms with Crippen molar-refractivity contribution in [2.24, 2.45) is 0 Å². The van der Waals surface area contributed by atoms with E-state index in [1.54, 1.807) is 0 Å². The van der Waals surface area contributed by atoms with E-state index >= 15 is 0 Å². The van der Waals surface area contributed by atoms with E-state index in [4.69, 9.17) is 11.6 Å². The summed E-state index contributed by atoms with van der Waals surface area (Å²) in [5.41, 5.74) is 1.62. The third-order valence-electron chi connectivity index (χ3n) is 3.84. The molecule has 2 nitrogen and oxygen atoms in total. The average molecular weight is 253 g/mol. The molecule has 0 aromatic heterocycles. The summed E-state index contributed by atoms with van der Waals surface area (Å²) in [5.74, 6) is 0. The molecule has 1 aromatic carbocycles. The molecular formula is C14H21ClN2. The Morgan fingerprint density at radius 1 is 1.29 bits per heavy atom.